The molecule has 0 saturated heterocycles. The fraction of sp³-hybridized carbons (Fsp3) is 0.818. The Bertz CT molecular complexity index is 327. The molecule has 90 valence electrons. The van der Waals surface area contributed by atoms with Crippen molar-refractivity contribution in [2.45, 2.75) is 48.6 Å². The molecule has 1 aliphatic carbocycles. The fourth-order valence-corrected chi connectivity index (χ4v) is 4.64. The van der Waals surface area contributed by atoms with Gasteiger partial charge in [0.05, 0.1) is 0 Å². The average molecular weight is 257 g/mol. The SMILES string of the molecule is Cc1nnc(SC2CCCCCC2CN)s1. The summed E-state index contributed by atoms with van der Waals surface area (Å²) >= 11 is 3.60. The molecule has 3 nitrogen and oxygen atoms in total. The van der Waals surface area contributed by atoms with Crippen LogP contribution in [0.15, 0.2) is 4.34 Å². The van der Waals surface area contributed by atoms with Crippen LogP contribution in [0.3, 0.4) is 0 Å². The monoisotopic (exact) mass is 257 g/mol. The molecule has 1 saturated carbocycles. The van der Waals surface area contributed by atoms with Crippen LogP contribution < -0.4 is 5.73 Å². The number of rotatable bonds is 3. The lowest BCUT2D eigenvalue weighted by Crippen LogP contribution is -2.24. The summed E-state index contributed by atoms with van der Waals surface area (Å²) in [5, 5.41) is 9.98. The predicted molar refractivity (Wildman–Crippen MR) is 69.9 cm³/mol. The first-order valence-electron chi connectivity index (χ1n) is 5.96. The third kappa shape index (κ3) is 3.18. The molecule has 1 aromatic heterocycles. The summed E-state index contributed by atoms with van der Waals surface area (Å²) in [7, 11) is 0. The highest BCUT2D eigenvalue weighted by Crippen LogP contribution is 2.37. The molecule has 0 amide bonds. The number of nitrogens with zero attached hydrogens (tertiary/aromatic N) is 2. The van der Waals surface area contributed by atoms with Gasteiger partial charge >= 0.3 is 0 Å². The highest BCUT2D eigenvalue weighted by Gasteiger charge is 2.24. The van der Waals surface area contributed by atoms with E-state index in [0.717, 1.165) is 15.9 Å². The van der Waals surface area contributed by atoms with Gasteiger partial charge in [-0.2, -0.15) is 0 Å². The topological polar surface area (TPSA) is 51.8 Å². The first-order valence-corrected chi connectivity index (χ1v) is 7.66. The van der Waals surface area contributed by atoms with Crippen LogP contribution >= 0.6 is 23.1 Å². The van der Waals surface area contributed by atoms with E-state index in [1.165, 1.54) is 32.1 Å². The Labute approximate surface area is 105 Å². The standard InChI is InChI=1S/C11H19N3S2/c1-8-13-14-11(15-8)16-10-6-4-2-3-5-9(10)7-12/h9-10H,2-7,12H2,1H3. The second-order valence-electron chi connectivity index (χ2n) is 4.38. The molecule has 2 unspecified atom stereocenters. The zero-order chi connectivity index (χ0) is 11.4. The zero-order valence-corrected chi connectivity index (χ0v) is 11.3. The number of thioether (sulfide) groups is 1. The normalized spacial score (nSPS) is 26.6. The van der Waals surface area contributed by atoms with Crippen LogP contribution in [0.1, 0.15) is 37.1 Å². The summed E-state index contributed by atoms with van der Waals surface area (Å²) in [4.78, 5) is 0. The summed E-state index contributed by atoms with van der Waals surface area (Å²) in [5.74, 6) is 0.664. The maximum absolute atomic E-state index is 5.88. The Morgan fingerprint density at radius 1 is 1.31 bits per heavy atom. The van der Waals surface area contributed by atoms with Gasteiger partial charge < -0.3 is 5.73 Å². The molecule has 2 N–H and O–H groups in total. The summed E-state index contributed by atoms with van der Waals surface area (Å²) in [5.41, 5.74) is 5.88. The van der Waals surface area contributed by atoms with Crippen LogP contribution in [-0.4, -0.2) is 22.0 Å². The zero-order valence-electron chi connectivity index (χ0n) is 9.69. The fourth-order valence-electron chi connectivity index (χ4n) is 2.23. The maximum Gasteiger partial charge on any atom is 0.174 e. The van der Waals surface area contributed by atoms with Crippen LogP contribution in [0, 0.1) is 12.8 Å². The van der Waals surface area contributed by atoms with E-state index in [4.69, 9.17) is 5.73 Å². The van der Waals surface area contributed by atoms with E-state index < -0.39 is 0 Å². The lowest BCUT2D eigenvalue weighted by Gasteiger charge is -2.21. The van der Waals surface area contributed by atoms with Gasteiger partial charge in [0.1, 0.15) is 5.01 Å². The average Bonchev–Trinajstić information content (AvgIpc) is 2.56. The summed E-state index contributed by atoms with van der Waals surface area (Å²) in [6.45, 7) is 2.82. The van der Waals surface area contributed by atoms with Gasteiger partial charge in [0.2, 0.25) is 0 Å². The number of aromatic nitrogens is 2. The van der Waals surface area contributed by atoms with Crippen molar-refractivity contribution >= 4 is 23.1 Å². The van der Waals surface area contributed by atoms with Crippen LogP contribution in [0.2, 0.25) is 0 Å². The number of nitrogens with two attached hydrogens (primary N) is 1. The van der Waals surface area contributed by atoms with Gasteiger partial charge in [0.25, 0.3) is 0 Å². The van der Waals surface area contributed by atoms with Crippen molar-refractivity contribution in [2.75, 3.05) is 6.54 Å². The largest absolute Gasteiger partial charge is 0.330 e. The van der Waals surface area contributed by atoms with Crippen LogP contribution in [-0.2, 0) is 0 Å². The molecule has 5 heteroatoms. The molecule has 0 bridgehead atoms. The summed E-state index contributed by atoms with van der Waals surface area (Å²) < 4.78 is 1.11. The molecule has 0 aliphatic heterocycles. The van der Waals surface area contributed by atoms with Crippen molar-refractivity contribution < 1.29 is 0 Å². The molecule has 1 aliphatic rings. The predicted octanol–water partition coefficient (Wildman–Crippen LogP) is 2.85. The molecular weight excluding hydrogens is 238 g/mol. The molecule has 1 aromatic rings. The van der Waals surface area contributed by atoms with Crippen molar-refractivity contribution in [2.24, 2.45) is 11.7 Å². The van der Waals surface area contributed by atoms with E-state index in [1.807, 2.05) is 18.7 Å². The minimum atomic E-state index is 0.653. The van der Waals surface area contributed by atoms with Crippen molar-refractivity contribution in [1.29, 1.82) is 0 Å². The van der Waals surface area contributed by atoms with E-state index >= 15 is 0 Å². The van der Waals surface area contributed by atoms with E-state index in [-0.39, 0.29) is 0 Å². The van der Waals surface area contributed by atoms with Gasteiger partial charge in [0, 0.05) is 5.25 Å². The third-order valence-electron chi connectivity index (χ3n) is 3.15. The first kappa shape index (κ1) is 12.3. The van der Waals surface area contributed by atoms with Gasteiger partial charge in [-0.3, -0.25) is 0 Å². The van der Waals surface area contributed by atoms with Crippen molar-refractivity contribution in [3.8, 4) is 0 Å². The smallest absolute Gasteiger partial charge is 0.174 e. The first-order chi connectivity index (χ1) is 7.79. The molecule has 0 aromatic carbocycles. The highest BCUT2D eigenvalue weighted by atomic mass is 32.2. The van der Waals surface area contributed by atoms with Crippen LogP contribution in [0.25, 0.3) is 0 Å². The Kier molecular flexibility index (Phi) is 4.61. The van der Waals surface area contributed by atoms with Gasteiger partial charge in [0.15, 0.2) is 4.34 Å². The molecule has 0 spiro atoms. The Morgan fingerprint density at radius 2 is 2.12 bits per heavy atom. The lowest BCUT2D eigenvalue weighted by atomic mass is 10.0. The minimum absolute atomic E-state index is 0.653. The van der Waals surface area contributed by atoms with Gasteiger partial charge in [-0.05, 0) is 32.2 Å². The van der Waals surface area contributed by atoms with E-state index in [9.17, 15) is 0 Å². The Morgan fingerprint density at radius 3 is 2.81 bits per heavy atom. The van der Waals surface area contributed by atoms with Crippen LogP contribution in [0.5, 0.6) is 0 Å². The molecule has 16 heavy (non-hydrogen) atoms. The molecule has 1 heterocycles. The highest BCUT2D eigenvalue weighted by molar-refractivity contribution is 8.01. The maximum atomic E-state index is 5.88. The quantitative estimate of drug-likeness (QED) is 0.846. The van der Waals surface area contributed by atoms with E-state index in [2.05, 4.69) is 10.2 Å². The second-order valence-corrected chi connectivity index (χ2v) is 7.05. The van der Waals surface area contributed by atoms with Crippen molar-refractivity contribution in [3.63, 3.8) is 0 Å². The van der Waals surface area contributed by atoms with Gasteiger partial charge in [-0.25, -0.2) is 0 Å². The number of hydrogen-bond donors (Lipinski definition) is 1. The Balaban J connectivity index is 1.99. The van der Waals surface area contributed by atoms with Gasteiger partial charge in [-0.15, -0.1) is 10.2 Å². The summed E-state index contributed by atoms with van der Waals surface area (Å²) in [6.07, 6.45) is 6.61. The molecule has 2 atom stereocenters. The molecule has 0 radical (unpaired) electrons. The van der Waals surface area contributed by atoms with Crippen LogP contribution in [0.4, 0.5) is 0 Å². The van der Waals surface area contributed by atoms with E-state index in [0.29, 0.717) is 11.2 Å². The molecular formula is C11H19N3S2. The molecule has 1 fully saturated rings. The number of aryl methyl sites for hydroxylation is 1. The Hall–Kier alpha value is -0.130. The third-order valence-corrected chi connectivity index (χ3v) is 5.53. The van der Waals surface area contributed by atoms with Crippen molar-refractivity contribution in [3.05, 3.63) is 5.01 Å². The van der Waals surface area contributed by atoms with E-state index in [1.54, 1.807) is 11.3 Å². The second kappa shape index (κ2) is 5.98. The van der Waals surface area contributed by atoms with Crippen molar-refractivity contribution in [1.82, 2.24) is 10.2 Å². The minimum Gasteiger partial charge on any atom is -0.330 e. The lowest BCUT2D eigenvalue weighted by molar-refractivity contribution is 0.483. The number of hydrogen-bond acceptors (Lipinski definition) is 5. The van der Waals surface area contributed by atoms with Gasteiger partial charge in [-0.1, -0.05) is 42.4 Å². The molecule has 2 rings (SSSR count). The summed E-state index contributed by atoms with van der Waals surface area (Å²) in [6, 6.07) is 0.